The molecule has 7 nitrogen and oxygen atoms in total. The highest BCUT2D eigenvalue weighted by Crippen LogP contribution is 2.58. The second-order valence-corrected chi connectivity index (χ2v) is 8.01. The highest BCUT2D eigenvalue weighted by atomic mass is 32.2. The lowest BCUT2D eigenvalue weighted by Gasteiger charge is -2.25. The zero-order valence-electron chi connectivity index (χ0n) is 12.7. The van der Waals surface area contributed by atoms with Crippen molar-refractivity contribution in [1.29, 1.82) is 0 Å². The molecule has 3 aliphatic rings. The van der Waals surface area contributed by atoms with E-state index in [0.29, 0.717) is 30.6 Å². The fourth-order valence-electron chi connectivity index (χ4n) is 4.27. The van der Waals surface area contributed by atoms with Gasteiger partial charge in [0.1, 0.15) is 6.10 Å². The van der Waals surface area contributed by atoms with Gasteiger partial charge in [0.05, 0.1) is 12.5 Å². The fourth-order valence-corrected chi connectivity index (χ4v) is 4.58. The average Bonchev–Trinajstić information content (AvgIpc) is 3.10. The number of ether oxygens (including phenoxy) is 2. The summed E-state index contributed by atoms with van der Waals surface area (Å²) in [4.78, 5) is 22.7. The van der Waals surface area contributed by atoms with Crippen LogP contribution >= 0.6 is 0 Å². The Bertz CT molecular complexity index is 621. The Morgan fingerprint density at radius 1 is 1.29 bits per heavy atom. The van der Waals surface area contributed by atoms with Gasteiger partial charge in [-0.25, -0.2) is 4.79 Å². The molecule has 5 unspecified atom stereocenters. The van der Waals surface area contributed by atoms with E-state index in [1.807, 2.05) is 0 Å². The topological polar surface area (TPSA) is 96.0 Å². The monoisotopic (exact) mass is 368 g/mol. The van der Waals surface area contributed by atoms with Crippen molar-refractivity contribution in [2.24, 2.45) is 23.7 Å². The summed E-state index contributed by atoms with van der Waals surface area (Å²) in [5, 5.41) is 0. The largest absolute Gasteiger partial charge is 0.524 e. The normalized spacial score (nSPS) is 33.8. The van der Waals surface area contributed by atoms with E-state index in [1.165, 1.54) is 0 Å². The van der Waals surface area contributed by atoms with Gasteiger partial charge in [0.15, 0.2) is 0 Å². The summed E-state index contributed by atoms with van der Waals surface area (Å²) in [5.41, 5.74) is 0. The Morgan fingerprint density at radius 3 is 2.75 bits per heavy atom. The van der Waals surface area contributed by atoms with Crippen LogP contribution in [-0.4, -0.2) is 39.0 Å². The number of unbranched alkanes of at least 4 members (excludes halogenated alkanes) is 1. The van der Waals surface area contributed by atoms with Crippen LogP contribution in [0.4, 0.5) is 13.6 Å². The molecular weight excluding hydrogens is 350 g/mol. The summed E-state index contributed by atoms with van der Waals surface area (Å²) in [7, 11) is -5.23. The number of hydrogen-bond acceptors (Lipinski definition) is 7. The Hall–Kier alpha value is -1.45. The van der Waals surface area contributed by atoms with Gasteiger partial charge in [0.25, 0.3) is 0 Å². The number of rotatable bonds is 7. The van der Waals surface area contributed by atoms with Crippen LogP contribution in [0.5, 0.6) is 0 Å². The van der Waals surface area contributed by atoms with E-state index < -0.39 is 22.0 Å². The summed E-state index contributed by atoms with van der Waals surface area (Å²) < 4.78 is 58.8. The van der Waals surface area contributed by atoms with E-state index in [-0.39, 0.29) is 24.6 Å². The molecule has 0 spiro atoms. The minimum Gasteiger partial charge on any atom is -0.462 e. The van der Waals surface area contributed by atoms with Gasteiger partial charge in [-0.2, -0.15) is 17.2 Å². The Balaban J connectivity index is 1.34. The van der Waals surface area contributed by atoms with Crippen molar-refractivity contribution in [3.8, 4) is 0 Å². The van der Waals surface area contributed by atoms with E-state index >= 15 is 0 Å². The van der Waals surface area contributed by atoms with Crippen LogP contribution in [0.1, 0.15) is 32.1 Å². The molecule has 3 rings (SSSR count). The SMILES string of the molecule is O=C(OCCCCC1C2CC3C(=O)OC1C3C2)OS(=O)(=O)C(F)F. The molecule has 5 atom stereocenters. The molecule has 0 aromatic rings. The maximum atomic E-state index is 12.0. The van der Waals surface area contributed by atoms with Gasteiger partial charge in [-0.15, -0.1) is 0 Å². The molecule has 2 bridgehead atoms. The minimum atomic E-state index is -5.23. The summed E-state index contributed by atoms with van der Waals surface area (Å²) in [5.74, 6) is -2.63. The molecule has 0 aromatic carbocycles. The molecule has 0 amide bonds. The van der Waals surface area contributed by atoms with E-state index in [1.54, 1.807) is 0 Å². The van der Waals surface area contributed by atoms with E-state index in [2.05, 4.69) is 8.92 Å². The molecule has 1 saturated heterocycles. The van der Waals surface area contributed by atoms with Crippen LogP contribution in [0.15, 0.2) is 0 Å². The Labute approximate surface area is 137 Å². The van der Waals surface area contributed by atoms with Crippen molar-refractivity contribution >= 4 is 22.2 Å². The van der Waals surface area contributed by atoms with Crippen molar-refractivity contribution in [2.75, 3.05) is 6.61 Å². The number of halogens is 2. The third-order valence-electron chi connectivity index (χ3n) is 5.21. The van der Waals surface area contributed by atoms with Gasteiger partial charge in [-0.1, -0.05) is 0 Å². The summed E-state index contributed by atoms with van der Waals surface area (Å²) in [6, 6.07) is 0. The number of esters is 1. The molecule has 2 saturated carbocycles. The van der Waals surface area contributed by atoms with Crippen LogP contribution in [0.25, 0.3) is 0 Å². The smallest absolute Gasteiger partial charge is 0.462 e. The van der Waals surface area contributed by atoms with Crippen molar-refractivity contribution in [3.63, 3.8) is 0 Å². The molecule has 0 N–H and O–H groups in total. The van der Waals surface area contributed by atoms with Gasteiger partial charge in [0, 0.05) is 5.92 Å². The number of fused-ring (bicyclic) bond motifs is 1. The molecule has 1 heterocycles. The quantitative estimate of drug-likeness (QED) is 0.385. The first-order chi connectivity index (χ1) is 11.3. The van der Waals surface area contributed by atoms with Crippen LogP contribution in [-0.2, 0) is 28.6 Å². The highest BCUT2D eigenvalue weighted by molar-refractivity contribution is 7.87. The lowest BCUT2D eigenvalue weighted by atomic mass is 9.80. The van der Waals surface area contributed by atoms with Crippen molar-refractivity contribution < 1.29 is 40.4 Å². The number of carbonyl (C=O) groups excluding carboxylic acids is 2. The molecule has 24 heavy (non-hydrogen) atoms. The average molecular weight is 368 g/mol. The number of hydrogen-bond donors (Lipinski definition) is 0. The number of carbonyl (C=O) groups is 2. The van der Waals surface area contributed by atoms with Gasteiger partial charge in [-0.05, 0) is 43.9 Å². The van der Waals surface area contributed by atoms with Gasteiger partial charge >= 0.3 is 28.0 Å². The minimum absolute atomic E-state index is 0.00307. The van der Waals surface area contributed by atoms with Crippen LogP contribution in [0.3, 0.4) is 0 Å². The first-order valence-electron chi connectivity index (χ1n) is 7.88. The summed E-state index contributed by atoms with van der Waals surface area (Å²) in [6.45, 7) is -0.120. The molecular formula is C14H18F2O7S. The summed E-state index contributed by atoms with van der Waals surface area (Å²) in [6.07, 6.45) is 2.23. The van der Waals surface area contributed by atoms with Crippen LogP contribution in [0.2, 0.25) is 0 Å². The van der Waals surface area contributed by atoms with Gasteiger partial charge < -0.3 is 13.7 Å². The Kier molecular flexibility index (Phi) is 4.67. The molecule has 1 aliphatic heterocycles. The maximum absolute atomic E-state index is 12.0. The first kappa shape index (κ1) is 17.4. The zero-order valence-corrected chi connectivity index (χ0v) is 13.5. The highest BCUT2D eigenvalue weighted by Gasteiger charge is 2.61. The third-order valence-corrected chi connectivity index (χ3v) is 6.01. The molecule has 136 valence electrons. The first-order valence-corrected chi connectivity index (χ1v) is 9.35. The molecule has 3 fully saturated rings. The molecule has 0 aromatic heterocycles. The number of alkyl halides is 2. The van der Waals surface area contributed by atoms with E-state index in [4.69, 9.17) is 4.74 Å². The molecule has 10 heteroatoms. The third kappa shape index (κ3) is 3.20. The van der Waals surface area contributed by atoms with E-state index in [0.717, 1.165) is 19.3 Å². The van der Waals surface area contributed by atoms with Crippen molar-refractivity contribution in [3.05, 3.63) is 0 Å². The predicted octanol–water partition coefficient (Wildman–Crippen LogP) is 2.06. The fraction of sp³-hybridized carbons (Fsp3) is 0.857. The zero-order chi connectivity index (χ0) is 17.5. The molecule has 2 aliphatic carbocycles. The standard InChI is InChI=1S/C14H18F2O7S/c15-13(16)24(19,20)23-14(18)21-4-2-1-3-8-7-5-9-10(6-7)12(17)22-11(8)9/h7-11,13H,1-6H2. The summed E-state index contributed by atoms with van der Waals surface area (Å²) >= 11 is 0. The second kappa shape index (κ2) is 6.45. The van der Waals surface area contributed by atoms with Crippen molar-refractivity contribution in [1.82, 2.24) is 0 Å². The van der Waals surface area contributed by atoms with Gasteiger partial charge in [0.2, 0.25) is 0 Å². The van der Waals surface area contributed by atoms with E-state index in [9.17, 15) is 26.8 Å². The van der Waals surface area contributed by atoms with Gasteiger partial charge in [-0.3, -0.25) is 4.79 Å². The predicted molar refractivity (Wildman–Crippen MR) is 74.3 cm³/mol. The lowest BCUT2D eigenvalue weighted by Crippen LogP contribution is -2.26. The second-order valence-electron chi connectivity index (χ2n) is 6.50. The Morgan fingerprint density at radius 2 is 2.04 bits per heavy atom. The molecule has 0 radical (unpaired) electrons. The van der Waals surface area contributed by atoms with Crippen LogP contribution < -0.4 is 0 Å². The van der Waals surface area contributed by atoms with Crippen molar-refractivity contribution in [2.45, 2.75) is 44.0 Å². The van der Waals surface area contributed by atoms with Crippen LogP contribution in [0, 0.1) is 23.7 Å². The lowest BCUT2D eigenvalue weighted by molar-refractivity contribution is -0.144. The maximum Gasteiger partial charge on any atom is 0.524 e.